The van der Waals surface area contributed by atoms with Crippen molar-refractivity contribution in [2.45, 2.75) is 105 Å². The maximum absolute atomic E-state index is 6.76. The molecule has 0 bridgehead atoms. The lowest BCUT2D eigenvalue weighted by Crippen LogP contribution is -2.04. The molecule has 0 saturated heterocycles. The molecule has 3 aromatic heterocycles. The van der Waals surface area contributed by atoms with E-state index in [1.165, 1.54) is 59.0 Å². The zero-order chi connectivity index (χ0) is 38.3. The number of ether oxygens (including phenoxy) is 2. The molecule has 0 amide bonds. The van der Waals surface area contributed by atoms with E-state index in [4.69, 9.17) is 19.6 Å². The molecule has 0 unspecified atom stereocenters. The minimum atomic E-state index is 0.396. The Hall–Kier alpha value is -5.36. The van der Waals surface area contributed by atoms with Crippen LogP contribution in [-0.2, 0) is 19.3 Å². The van der Waals surface area contributed by atoms with Crippen molar-refractivity contribution >= 4 is 21.8 Å². The number of hydrogen-bond donors (Lipinski definition) is 0. The van der Waals surface area contributed by atoms with Gasteiger partial charge in [-0.05, 0) is 78.6 Å². The molecule has 7 aromatic rings. The van der Waals surface area contributed by atoms with E-state index in [2.05, 4.69) is 135 Å². The molecule has 7 rings (SSSR count). The van der Waals surface area contributed by atoms with Gasteiger partial charge in [0.25, 0.3) is 0 Å². The molecule has 0 N–H and O–H groups in total. The lowest BCUT2D eigenvalue weighted by Gasteiger charge is -2.14. The van der Waals surface area contributed by atoms with Gasteiger partial charge >= 0.3 is 0 Å². The van der Waals surface area contributed by atoms with Gasteiger partial charge in [-0.3, -0.25) is 4.57 Å². The maximum atomic E-state index is 6.76. The predicted molar refractivity (Wildman–Crippen MR) is 229 cm³/mol. The van der Waals surface area contributed by atoms with Gasteiger partial charge in [-0.1, -0.05) is 116 Å². The second-order valence-electron chi connectivity index (χ2n) is 15.1. The van der Waals surface area contributed by atoms with Crippen LogP contribution < -0.4 is 9.47 Å². The highest BCUT2D eigenvalue weighted by molar-refractivity contribution is 6.09. The van der Waals surface area contributed by atoms with E-state index >= 15 is 0 Å². The summed E-state index contributed by atoms with van der Waals surface area (Å²) in [5.74, 6) is 3.46. The molecule has 4 aromatic carbocycles. The fourth-order valence-corrected chi connectivity index (χ4v) is 7.88. The van der Waals surface area contributed by atoms with E-state index in [-0.39, 0.29) is 0 Å². The third-order valence-electron chi connectivity index (χ3n) is 10.7. The molecule has 3 heterocycles. The summed E-state index contributed by atoms with van der Waals surface area (Å²) in [6.45, 7) is 11.2. The standard InChI is InChI=1S/C49H56N4O2/c1-7-10-11-12-13-20-46-49(36-23-21-35(16-8-2)22-24-36)44(17-9-3)51-53(46)38-30-40(54-6)32-41(31-38)55-39-25-26-43-42-18-14-15-19-45(42)52(47(43)33-39)48-29-37(34(4)5)27-28-50-48/h14-15,18-19,21-34H,7-13,16-17,20H2,1-6H3. The van der Waals surface area contributed by atoms with E-state index in [0.29, 0.717) is 11.7 Å². The monoisotopic (exact) mass is 732 g/mol. The first-order valence-corrected chi connectivity index (χ1v) is 20.5. The van der Waals surface area contributed by atoms with Gasteiger partial charge in [0.05, 0.1) is 35.2 Å². The number of pyridine rings is 1. The molecule has 55 heavy (non-hydrogen) atoms. The summed E-state index contributed by atoms with van der Waals surface area (Å²) >= 11 is 0. The smallest absolute Gasteiger partial charge is 0.137 e. The van der Waals surface area contributed by atoms with Crippen molar-refractivity contribution in [3.63, 3.8) is 0 Å². The minimum absolute atomic E-state index is 0.396. The van der Waals surface area contributed by atoms with Crippen LogP contribution in [0, 0.1) is 0 Å². The molecule has 6 heteroatoms. The maximum Gasteiger partial charge on any atom is 0.137 e. The van der Waals surface area contributed by atoms with Crippen LogP contribution in [0.4, 0.5) is 0 Å². The second-order valence-corrected chi connectivity index (χ2v) is 15.1. The highest BCUT2D eigenvalue weighted by atomic mass is 16.5. The van der Waals surface area contributed by atoms with Crippen LogP contribution in [0.15, 0.2) is 103 Å². The van der Waals surface area contributed by atoms with Crippen LogP contribution in [0.5, 0.6) is 17.2 Å². The summed E-state index contributed by atoms with van der Waals surface area (Å²) in [5.41, 5.74) is 10.7. The van der Waals surface area contributed by atoms with E-state index in [9.17, 15) is 0 Å². The highest BCUT2D eigenvalue weighted by Crippen LogP contribution is 2.38. The van der Waals surface area contributed by atoms with Crippen LogP contribution in [0.3, 0.4) is 0 Å². The summed E-state index contributed by atoms with van der Waals surface area (Å²) in [6, 6.07) is 34.5. The predicted octanol–water partition coefficient (Wildman–Crippen LogP) is 13.4. The Kier molecular flexibility index (Phi) is 12.0. The number of nitrogens with zero attached hydrogens (tertiary/aromatic N) is 4. The number of aryl methyl sites for hydroxylation is 2. The number of para-hydroxylation sites is 1. The fraction of sp³-hybridized carbons (Fsp3) is 0.347. The van der Waals surface area contributed by atoms with E-state index in [1.807, 2.05) is 12.3 Å². The normalized spacial score (nSPS) is 11.6. The third-order valence-corrected chi connectivity index (χ3v) is 10.7. The Morgan fingerprint density at radius 1 is 0.655 bits per heavy atom. The summed E-state index contributed by atoms with van der Waals surface area (Å²) in [4.78, 5) is 4.84. The van der Waals surface area contributed by atoms with Gasteiger partial charge in [0, 0.05) is 46.8 Å². The van der Waals surface area contributed by atoms with Crippen LogP contribution in [0.25, 0.3) is 44.4 Å². The first-order valence-electron chi connectivity index (χ1n) is 20.5. The summed E-state index contributed by atoms with van der Waals surface area (Å²) in [5, 5.41) is 7.71. The average molecular weight is 733 g/mol. The fourth-order valence-electron chi connectivity index (χ4n) is 7.88. The Bertz CT molecular complexity index is 2370. The summed E-state index contributed by atoms with van der Waals surface area (Å²) in [7, 11) is 1.72. The molecule has 284 valence electrons. The molecule has 0 fully saturated rings. The van der Waals surface area contributed by atoms with Crippen LogP contribution in [-0.4, -0.2) is 26.4 Å². The van der Waals surface area contributed by atoms with Crippen molar-refractivity contribution in [3.05, 3.63) is 126 Å². The van der Waals surface area contributed by atoms with Crippen molar-refractivity contribution in [3.8, 4) is 39.9 Å². The summed E-state index contributed by atoms with van der Waals surface area (Å²) in [6.07, 6.45) is 13.1. The van der Waals surface area contributed by atoms with Gasteiger partial charge in [0.2, 0.25) is 0 Å². The van der Waals surface area contributed by atoms with Crippen LogP contribution in [0.1, 0.15) is 108 Å². The molecule has 0 saturated carbocycles. The van der Waals surface area contributed by atoms with Gasteiger partial charge in [0.15, 0.2) is 0 Å². The number of unbranched alkanes of at least 4 members (excludes halogenated alkanes) is 4. The molecular formula is C49H56N4O2. The van der Waals surface area contributed by atoms with Crippen molar-refractivity contribution in [2.75, 3.05) is 7.11 Å². The van der Waals surface area contributed by atoms with E-state index < -0.39 is 0 Å². The van der Waals surface area contributed by atoms with Crippen LogP contribution in [0.2, 0.25) is 0 Å². The second kappa shape index (κ2) is 17.4. The number of aromatic nitrogens is 4. The molecule has 6 nitrogen and oxygen atoms in total. The number of methoxy groups -OCH3 is 1. The quantitative estimate of drug-likeness (QED) is 0.0875. The van der Waals surface area contributed by atoms with E-state index in [1.54, 1.807) is 7.11 Å². The molecule has 0 spiro atoms. The number of hydrogen-bond acceptors (Lipinski definition) is 4. The molecule has 0 aliphatic carbocycles. The van der Waals surface area contributed by atoms with Crippen molar-refractivity contribution in [1.82, 2.24) is 19.3 Å². The van der Waals surface area contributed by atoms with Gasteiger partial charge in [0.1, 0.15) is 23.1 Å². The number of benzene rings is 4. The van der Waals surface area contributed by atoms with Crippen molar-refractivity contribution < 1.29 is 9.47 Å². The van der Waals surface area contributed by atoms with Crippen LogP contribution >= 0.6 is 0 Å². The Labute approximate surface area is 327 Å². The van der Waals surface area contributed by atoms with Crippen molar-refractivity contribution in [2.24, 2.45) is 0 Å². The zero-order valence-corrected chi connectivity index (χ0v) is 33.6. The number of fused-ring (bicyclic) bond motifs is 3. The molecule has 0 aliphatic heterocycles. The SMILES string of the molecule is CCCCCCCc1c(-c2ccc(CCC)cc2)c(CCC)nn1-c1cc(OC)cc(Oc2ccc3c4ccccc4n(-c4cc(C(C)C)ccn4)c3c2)c1. The minimum Gasteiger partial charge on any atom is -0.497 e. The lowest BCUT2D eigenvalue weighted by molar-refractivity contribution is 0.408. The largest absolute Gasteiger partial charge is 0.497 e. The Morgan fingerprint density at radius 2 is 1.42 bits per heavy atom. The Morgan fingerprint density at radius 3 is 2.18 bits per heavy atom. The molecule has 0 aliphatic rings. The first-order chi connectivity index (χ1) is 26.9. The van der Waals surface area contributed by atoms with Gasteiger partial charge in [-0.15, -0.1) is 0 Å². The lowest BCUT2D eigenvalue weighted by atomic mass is 9.96. The first kappa shape index (κ1) is 37.9. The van der Waals surface area contributed by atoms with Gasteiger partial charge in [-0.2, -0.15) is 5.10 Å². The van der Waals surface area contributed by atoms with Crippen molar-refractivity contribution in [1.29, 1.82) is 0 Å². The van der Waals surface area contributed by atoms with E-state index in [0.717, 1.165) is 83.6 Å². The molecular weight excluding hydrogens is 677 g/mol. The highest BCUT2D eigenvalue weighted by Gasteiger charge is 2.22. The van der Waals surface area contributed by atoms with Gasteiger partial charge < -0.3 is 9.47 Å². The van der Waals surface area contributed by atoms with Gasteiger partial charge in [-0.25, -0.2) is 9.67 Å². The zero-order valence-electron chi connectivity index (χ0n) is 33.6. The number of rotatable bonds is 17. The molecule has 0 radical (unpaired) electrons. The summed E-state index contributed by atoms with van der Waals surface area (Å²) < 4.78 is 17.1. The molecule has 0 atom stereocenters. The third kappa shape index (κ3) is 8.19. The average Bonchev–Trinajstić information content (AvgIpc) is 3.73. The topological polar surface area (TPSA) is 54.1 Å². The Balaban J connectivity index is 1.31.